The van der Waals surface area contributed by atoms with Crippen molar-refractivity contribution in [2.45, 2.75) is 38.3 Å². The van der Waals surface area contributed by atoms with Gasteiger partial charge in [-0.25, -0.2) is 0 Å². The number of H-pyrrole nitrogens is 1. The second-order valence-electron chi connectivity index (χ2n) is 8.81. The molecular weight excluding hydrogens is 348 g/mol. The first-order valence-corrected chi connectivity index (χ1v) is 10.9. The Labute approximate surface area is 169 Å². The van der Waals surface area contributed by atoms with Gasteiger partial charge in [0.25, 0.3) is 0 Å². The highest BCUT2D eigenvalue weighted by molar-refractivity contribution is 5.81. The number of nitrogens with one attached hydrogen (secondary N) is 2. The Balaban J connectivity index is 1.29. The van der Waals surface area contributed by atoms with E-state index >= 15 is 0 Å². The maximum atomic E-state index is 4.19. The Morgan fingerprint density at radius 3 is 2.61 bits per heavy atom. The van der Waals surface area contributed by atoms with E-state index in [1.165, 1.54) is 68.6 Å². The van der Waals surface area contributed by atoms with E-state index in [9.17, 15) is 0 Å². The smallest absolute Gasteiger partial charge is 0.0679 e. The fourth-order valence-corrected chi connectivity index (χ4v) is 4.96. The highest BCUT2D eigenvalue weighted by Crippen LogP contribution is 2.20. The standard InChI is InChI=1S/C22H36N6/c1-17-12-18(13-19-15-24-25-22(17)19)14-20(23-2)16-27-8-10-28(11-9-27)21-4-6-26(3)7-5-21/h12-13,15,20-21,23H,4-11,14,16H2,1-3H3,(H,24,25). The van der Waals surface area contributed by atoms with Crippen molar-refractivity contribution >= 4 is 10.9 Å². The number of nitrogens with zero attached hydrogens (tertiary/aromatic N) is 4. The first-order chi connectivity index (χ1) is 13.6. The first kappa shape index (κ1) is 19.8. The second kappa shape index (κ2) is 8.91. The molecule has 4 rings (SSSR count). The van der Waals surface area contributed by atoms with Crippen molar-refractivity contribution in [2.75, 3.05) is 59.9 Å². The van der Waals surface area contributed by atoms with Crippen molar-refractivity contribution in [3.05, 3.63) is 29.5 Å². The van der Waals surface area contributed by atoms with Gasteiger partial charge in [0.15, 0.2) is 0 Å². The number of benzene rings is 1. The Kier molecular flexibility index (Phi) is 6.31. The zero-order valence-corrected chi connectivity index (χ0v) is 17.7. The SMILES string of the molecule is CNC(Cc1cc(C)c2[nH]ncc2c1)CN1CCN(C2CCN(C)CC2)CC1. The van der Waals surface area contributed by atoms with Crippen LogP contribution in [0.4, 0.5) is 0 Å². The van der Waals surface area contributed by atoms with Crippen LogP contribution in [0.5, 0.6) is 0 Å². The van der Waals surface area contributed by atoms with Crippen LogP contribution in [0.15, 0.2) is 18.3 Å². The van der Waals surface area contributed by atoms with Crippen LogP contribution >= 0.6 is 0 Å². The van der Waals surface area contributed by atoms with E-state index in [1.54, 1.807) is 0 Å². The maximum Gasteiger partial charge on any atom is 0.0679 e. The largest absolute Gasteiger partial charge is 0.315 e. The zero-order chi connectivity index (χ0) is 19.5. The predicted octanol–water partition coefficient (Wildman–Crippen LogP) is 1.71. The van der Waals surface area contributed by atoms with Crippen molar-refractivity contribution in [3.8, 4) is 0 Å². The third kappa shape index (κ3) is 4.57. The molecule has 2 fully saturated rings. The van der Waals surface area contributed by atoms with Gasteiger partial charge in [-0.15, -0.1) is 0 Å². The van der Waals surface area contributed by atoms with Crippen LogP contribution in [0.25, 0.3) is 10.9 Å². The number of hydrogen-bond donors (Lipinski definition) is 2. The van der Waals surface area contributed by atoms with Gasteiger partial charge in [0, 0.05) is 50.2 Å². The monoisotopic (exact) mass is 384 g/mol. The van der Waals surface area contributed by atoms with E-state index in [4.69, 9.17) is 0 Å². The van der Waals surface area contributed by atoms with Crippen molar-refractivity contribution < 1.29 is 0 Å². The average Bonchev–Trinajstić information content (AvgIpc) is 3.18. The van der Waals surface area contributed by atoms with Crippen LogP contribution in [0, 0.1) is 6.92 Å². The van der Waals surface area contributed by atoms with Crippen LogP contribution < -0.4 is 5.32 Å². The molecule has 2 aliphatic rings. The van der Waals surface area contributed by atoms with Gasteiger partial charge in [0.1, 0.15) is 0 Å². The lowest BCUT2D eigenvalue weighted by Crippen LogP contribution is -2.54. The van der Waals surface area contributed by atoms with Gasteiger partial charge >= 0.3 is 0 Å². The lowest BCUT2D eigenvalue weighted by Gasteiger charge is -2.42. The average molecular weight is 385 g/mol. The molecule has 0 aliphatic carbocycles. The van der Waals surface area contributed by atoms with Crippen LogP contribution in [-0.4, -0.2) is 96.9 Å². The minimum atomic E-state index is 0.485. The number of hydrogen-bond acceptors (Lipinski definition) is 5. The molecule has 2 N–H and O–H groups in total. The summed E-state index contributed by atoms with van der Waals surface area (Å²) in [6, 6.07) is 5.89. The summed E-state index contributed by atoms with van der Waals surface area (Å²) in [5.41, 5.74) is 3.84. The number of aromatic amines is 1. The Hall–Kier alpha value is -1.47. The number of piperidine rings is 1. The van der Waals surface area contributed by atoms with Crippen molar-refractivity contribution in [1.82, 2.24) is 30.2 Å². The number of piperazine rings is 1. The molecule has 3 heterocycles. The van der Waals surface area contributed by atoms with Crippen LogP contribution in [-0.2, 0) is 6.42 Å². The van der Waals surface area contributed by atoms with Crippen LogP contribution in [0.1, 0.15) is 24.0 Å². The molecule has 6 heteroatoms. The fourth-order valence-electron chi connectivity index (χ4n) is 4.96. The van der Waals surface area contributed by atoms with Crippen LogP contribution in [0.2, 0.25) is 0 Å². The van der Waals surface area contributed by atoms with Crippen molar-refractivity contribution in [2.24, 2.45) is 0 Å². The van der Waals surface area contributed by atoms with Gasteiger partial charge in [-0.05, 0) is 70.6 Å². The molecular formula is C22H36N6. The van der Waals surface area contributed by atoms with Crippen molar-refractivity contribution in [1.29, 1.82) is 0 Å². The molecule has 28 heavy (non-hydrogen) atoms. The van der Waals surface area contributed by atoms with Crippen LogP contribution in [0.3, 0.4) is 0 Å². The van der Waals surface area contributed by atoms with E-state index in [-0.39, 0.29) is 0 Å². The van der Waals surface area contributed by atoms with Crippen molar-refractivity contribution in [3.63, 3.8) is 0 Å². The summed E-state index contributed by atoms with van der Waals surface area (Å²) in [4.78, 5) is 7.86. The number of likely N-dealkylation sites (N-methyl/N-ethyl adjacent to an activating group) is 1. The topological polar surface area (TPSA) is 50.4 Å². The summed E-state index contributed by atoms with van der Waals surface area (Å²) in [7, 11) is 4.35. The molecule has 6 nitrogen and oxygen atoms in total. The van der Waals surface area contributed by atoms with Gasteiger partial charge in [0.2, 0.25) is 0 Å². The van der Waals surface area contributed by atoms with E-state index in [0.29, 0.717) is 6.04 Å². The predicted molar refractivity (Wildman–Crippen MR) is 116 cm³/mol. The van der Waals surface area contributed by atoms with E-state index in [0.717, 1.165) is 24.5 Å². The Bertz CT molecular complexity index is 755. The maximum absolute atomic E-state index is 4.19. The first-order valence-electron chi connectivity index (χ1n) is 10.9. The highest BCUT2D eigenvalue weighted by Gasteiger charge is 2.27. The molecule has 2 aromatic rings. The third-order valence-corrected chi connectivity index (χ3v) is 6.79. The lowest BCUT2D eigenvalue weighted by atomic mass is 10.0. The molecule has 2 saturated heterocycles. The normalized spacial score (nSPS) is 22.1. The molecule has 154 valence electrons. The lowest BCUT2D eigenvalue weighted by molar-refractivity contribution is 0.0612. The molecule has 0 spiro atoms. The molecule has 0 radical (unpaired) electrons. The molecule has 1 aromatic heterocycles. The number of aromatic nitrogens is 2. The molecule has 0 saturated carbocycles. The number of aryl methyl sites for hydroxylation is 1. The summed E-state index contributed by atoms with van der Waals surface area (Å²) < 4.78 is 0. The van der Waals surface area contributed by atoms with Gasteiger partial charge in [-0.2, -0.15) is 5.10 Å². The molecule has 0 amide bonds. The molecule has 1 aromatic carbocycles. The highest BCUT2D eigenvalue weighted by atomic mass is 15.3. The summed E-state index contributed by atoms with van der Waals surface area (Å²) in [6.45, 7) is 10.7. The Morgan fingerprint density at radius 1 is 1.14 bits per heavy atom. The third-order valence-electron chi connectivity index (χ3n) is 6.79. The minimum absolute atomic E-state index is 0.485. The zero-order valence-electron chi connectivity index (χ0n) is 17.7. The van der Waals surface area contributed by atoms with E-state index < -0.39 is 0 Å². The molecule has 2 aliphatic heterocycles. The second-order valence-corrected chi connectivity index (χ2v) is 8.81. The molecule has 1 atom stereocenters. The van der Waals surface area contributed by atoms with Gasteiger partial charge in [-0.3, -0.25) is 14.9 Å². The minimum Gasteiger partial charge on any atom is -0.315 e. The Morgan fingerprint density at radius 2 is 1.89 bits per heavy atom. The van der Waals surface area contributed by atoms with Gasteiger partial charge < -0.3 is 10.2 Å². The van der Waals surface area contributed by atoms with Gasteiger partial charge in [-0.1, -0.05) is 6.07 Å². The number of fused-ring (bicyclic) bond motifs is 1. The van der Waals surface area contributed by atoms with Gasteiger partial charge in [0.05, 0.1) is 11.7 Å². The van der Waals surface area contributed by atoms with E-state index in [1.807, 2.05) is 6.20 Å². The summed E-state index contributed by atoms with van der Waals surface area (Å²) >= 11 is 0. The summed E-state index contributed by atoms with van der Waals surface area (Å²) in [5, 5.41) is 12.1. The summed E-state index contributed by atoms with van der Waals surface area (Å²) in [6.07, 6.45) is 5.67. The quantitative estimate of drug-likeness (QED) is 0.794. The fraction of sp³-hybridized carbons (Fsp3) is 0.682. The summed E-state index contributed by atoms with van der Waals surface area (Å²) in [5.74, 6) is 0. The number of likely N-dealkylation sites (tertiary alicyclic amines) is 1. The molecule has 1 unspecified atom stereocenters. The van der Waals surface area contributed by atoms with E-state index in [2.05, 4.69) is 63.4 Å². The number of rotatable bonds is 6. The molecule has 0 bridgehead atoms.